The smallest absolute Gasteiger partial charge is 0.143 e. The van der Waals surface area contributed by atoms with Crippen LogP contribution in [0.25, 0.3) is 0 Å². The minimum absolute atomic E-state index is 0.126. The molecule has 1 saturated carbocycles. The zero-order valence-corrected chi connectivity index (χ0v) is 18.1. The van der Waals surface area contributed by atoms with Crippen molar-refractivity contribution < 1.29 is 8.78 Å². The summed E-state index contributed by atoms with van der Waals surface area (Å²) in [6.07, 6.45) is 8.46. The second-order valence-corrected chi connectivity index (χ2v) is 9.39. The van der Waals surface area contributed by atoms with Gasteiger partial charge in [-0.2, -0.15) is 0 Å². The summed E-state index contributed by atoms with van der Waals surface area (Å²) in [4.78, 5) is 2.24. The number of hydrogen-bond acceptors (Lipinski definition) is 3. The van der Waals surface area contributed by atoms with Gasteiger partial charge in [-0.15, -0.1) is 0 Å². The van der Waals surface area contributed by atoms with Crippen molar-refractivity contribution in [2.24, 2.45) is 5.92 Å². The highest BCUT2D eigenvalue weighted by molar-refractivity contribution is 9.10. The van der Waals surface area contributed by atoms with Crippen molar-refractivity contribution in [1.82, 2.24) is 15.5 Å². The molecule has 2 fully saturated rings. The van der Waals surface area contributed by atoms with E-state index >= 15 is 0 Å². The van der Waals surface area contributed by atoms with Crippen LogP contribution in [0.5, 0.6) is 0 Å². The van der Waals surface area contributed by atoms with E-state index in [-0.39, 0.29) is 11.5 Å². The molecule has 1 saturated heterocycles. The molecule has 0 bridgehead atoms. The van der Waals surface area contributed by atoms with Crippen LogP contribution < -0.4 is 10.6 Å². The number of hydrogen-bond donors (Lipinski definition) is 2. The second-order valence-electron chi connectivity index (χ2n) is 8.53. The molecule has 3 aliphatic rings. The van der Waals surface area contributed by atoms with Gasteiger partial charge in [0.25, 0.3) is 0 Å². The number of nitrogens with one attached hydrogen (secondary N) is 2. The average molecular weight is 454 g/mol. The summed E-state index contributed by atoms with van der Waals surface area (Å²) in [7, 11) is 0. The molecule has 2 atom stereocenters. The lowest BCUT2D eigenvalue weighted by molar-refractivity contribution is 0.282. The largest absolute Gasteiger partial charge is 0.370 e. The normalized spacial score (nSPS) is 23.9. The summed E-state index contributed by atoms with van der Waals surface area (Å²) < 4.78 is 29.1. The second kappa shape index (κ2) is 8.70. The third-order valence-corrected chi connectivity index (χ3v) is 7.39. The number of nitrogens with zero attached hydrogens (tertiary/aromatic N) is 1. The Morgan fingerprint density at radius 2 is 2.04 bits per heavy atom. The van der Waals surface area contributed by atoms with E-state index in [0.717, 1.165) is 25.6 Å². The molecule has 2 aliphatic heterocycles. The number of rotatable bonds is 6. The van der Waals surface area contributed by atoms with E-state index in [0.29, 0.717) is 23.5 Å². The van der Waals surface area contributed by atoms with Crippen LogP contribution in [0, 0.1) is 17.6 Å². The van der Waals surface area contributed by atoms with E-state index in [1.807, 2.05) is 0 Å². The van der Waals surface area contributed by atoms with E-state index in [1.54, 1.807) is 0 Å². The maximum absolute atomic E-state index is 14.5. The molecule has 6 heteroatoms. The number of halogens is 3. The van der Waals surface area contributed by atoms with Crippen molar-refractivity contribution in [3.8, 4) is 0 Å². The number of benzene rings is 1. The zero-order valence-electron chi connectivity index (χ0n) is 16.5. The standard InChI is InChI=1S/C22H30BrF2N3/c1-14(15-5-3-2-4-6-15)26-10-9-19-20-11-16(12-28(20)13-27-19)21-18(24)8-7-17(23)22(21)25/h7-8,14-16,26-27H,2-6,9-13H2,1H3/t14-,16+/m1/s1. The first-order valence-corrected chi connectivity index (χ1v) is 11.4. The third kappa shape index (κ3) is 4.09. The lowest BCUT2D eigenvalue weighted by Crippen LogP contribution is -2.35. The highest BCUT2D eigenvalue weighted by Crippen LogP contribution is 2.40. The Kier molecular flexibility index (Phi) is 6.26. The van der Waals surface area contributed by atoms with E-state index < -0.39 is 11.6 Å². The molecule has 0 spiro atoms. The van der Waals surface area contributed by atoms with Crippen LogP contribution in [0.2, 0.25) is 0 Å². The van der Waals surface area contributed by atoms with E-state index in [1.165, 1.54) is 55.6 Å². The van der Waals surface area contributed by atoms with Crippen LogP contribution in [0.4, 0.5) is 8.78 Å². The summed E-state index contributed by atoms with van der Waals surface area (Å²) >= 11 is 3.19. The Bertz CT molecular complexity index is 746. The molecule has 3 nitrogen and oxygen atoms in total. The van der Waals surface area contributed by atoms with Crippen LogP contribution in [0.1, 0.15) is 63.4 Å². The van der Waals surface area contributed by atoms with Crippen molar-refractivity contribution in [1.29, 1.82) is 0 Å². The minimum Gasteiger partial charge on any atom is -0.370 e. The summed E-state index contributed by atoms with van der Waals surface area (Å²) in [5.74, 6) is -0.217. The van der Waals surface area contributed by atoms with Gasteiger partial charge in [0.05, 0.1) is 11.1 Å². The number of allylic oxidation sites excluding steroid dienone is 1. The van der Waals surface area contributed by atoms with Gasteiger partial charge in [0, 0.05) is 48.4 Å². The highest BCUT2D eigenvalue weighted by atomic mass is 79.9. The van der Waals surface area contributed by atoms with Gasteiger partial charge in [-0.1, -0.05) is 19.3 Å². The lowest BCUT2D eigenvalue weighted by atomic mass is 9.84. The van der Waals surface area contributed by atoms with Gasteiger partial charge in [-0.05, 0) is 60.2 Å². The predicted octanol–water partition coefficient (Wildman–Crippen LogP) is 5.24. The molecule has 1 aromatic rings. The molecule has 0 aromatic heterocycles. The first-order valence-electron chi connectivity index (χ1n) is 10.6. The molecule has 154 valence electrons. The van der Waals surface area contributed by atoms with Crippen LogP contribution in [0.3, 0.4) is 0 Å². The summed E-state index contributed by atoms with van der Waals surface area (Å²) in [5.41, 5.74) is 2.69. The molecule has 1 aromatic carbocycles. The van der Waals surface area contributed by atoms with Crippen molar-refractivity contribution in [2.75, 3.05) is 19.8 Å². The molecule has 0 radical (unpaired) electrons. The fourth-order valence-corrected chi connectivity index (χ4v) is 5.48. The maximum Gasteiger partial charge on any atom is 0.143 e. The van der Waals surface area contributed by atoms with Gasteiger partial charge in [0.1, 0.15) is 11.6 Å². The number of fused-ring (bicyclic) bond motifs is 1. The monoisotopic (exact) mass is 453 g/mol. The fraction of sp³-hybridized carbons (Fsp3) is 0.636. The third-order valence-electron chi connectivity index (χ3n) is 6.78. The van der Waals surface area contributed by atoms with E-state index in [2.05, 4.69) is 38.4 Å². The van der Waals surface area contributed by atoms with E-state index in [4.69, 9.17) is 0 Å². The molecule has 0 unspecified atom stereocenters. The summed E-state index contributed by atoms with van der Waals surface area (Å²) in [6, 6.07) is 3.36. The molecule has 4 rings (SSSR count). The first-order chi connectivity index (χ1) is 13.5. The lowest BCUT2D eigenvalue weighted by Gasteiger charge is -2.28. The van der Waals surface area contributed by atoms with Crippen LogP contribution in [-0.2, 0) is 0 Å². The Labute approximate surface area is 175 Å². The van der Waals surface area contributed by atoms with Gasteiger partial charge in [0.15, 0.2) is 0 Å². The molecule has 1 aliphatic carbocycles. The van der Waals surface area contributed by atoms with Gasteiger partial charge < -0.3 is 15.5 Å². The quantitative estimate of drug-likeness (QED) is 0.576. The first kappa shape index (κ1) is 20.1. The summed E-state index contributed by atoms with van der Waals surface area (Å²) in [6.45, 7) is 4.67. The fourth-order valence-electron chi connectivity index (χ4n) is 5.14. The van der Waals surface area contributed by atoms with Crippen molar-refractivity contribution in [3.05, 3.63) is 45.2 Å². The average Bonchev–Trinajstić information content (AvgIpc) is 3.27. The molecule has 28 heavy (non-hydrogen) atoms. The molecule has 2 heterocycles. The highest BCUT2D eigenvalue weighted by Gasteiger charge is 2.36. The predicted molar refractivity (Wildman–Crippen MR) is 112 cm³/mol. The van der Waals surface area contributed by atoms with Gasteiger partial charge >= 0.3 is 0 Å². The van der Waals surface area contributed by atoms with Crippen molar-refractivity contribution in [3.63, 3.8) is 0 Å². The van der Waals surface area contributed by atoms with Crippen molar-refractivity contribution >= 4 is 15.9 Å². The maximum atomic E-state index is 14.5. The molecule has 0 amide bonds. The minimum atomic E-state index is -0.454. The topological polar surface area (TPSA) is 27.3 Å². The van der Waals surface area contributed by atoms with Crippen LogP contribution in [-0.4, -0.2) is 30.7 Å². The Morgan fingerprint density at radius 3 is 2.82 bits per heavy atom. The Balaban J connectivity index is 1.37. The Hall–Kier alpha value is -1.14. The van der Waals surface area contributed by atoms with Crippen LogP contribution >= 0.6 is 15.9 Å². The van der Waals surface area contributed by atoms with Gasteiger partial charge in [-0.3, -0.25) is 0 Å². The SMILES string of the molecule is C[C@@H](NCCC1=C2C[C@H](c3c(F)ccc(Br)c3F)CN2CN1)C1CCCCC1. The molecule has 2 N–H and O–H groups in total. The van der Waals surface area contributed by atoms with E-state index in [9.17, 15) is 8.78 Å². The van der Waals surface area contributed by atoms with Gasteiger partial charge in [0.2, 0.25) is 0 Å². The van der Waals surface area contributed by atoms with Crippen LogP contribution in [0.15, 0.2) is 28.0 Å². The molecular formula is C22H30BrF2N3. The zero-order chi connectivity index (χ0) is 19.7. The van der Waals surface area contributed by atoms with Crippen molar-refractivity contribution in [2.45, 2.75) is 63.8 Å². The Morgan fingerprint density at radius 1 is 1.25 bits per heavy atom. The van der Waals surface area contributed by atoms with Gasteiger partial charge in [-0.25, -0.2) is 8.78 Å². The summed E-state index contributed by atoms with van der Waals surface area (Å²) in [5, 5.41) is 7.20. The molecular weight excluding hydrogens is 424 g/mol.